The van der Waals surface area contributed by atoms with Gasteiger partial charge >= 0.3 is 0 Å². The lowest BCUT2D eigenvalue weighted by Gasteiger charge is -2.05. The summed E-state index contributed by atoms with van der Waals surface area (Å²) in [5.74, 6) is -0.0630. The Labute approximate surface area is 112 Å². The Bertz CT molecular complexity index is 536. The first-order valence-corrected chi connectivity index (χ1v) is 6.60. The van der Waals surface area contributed by atoms with Gasteiger partial charge in [0, 0.05) is 25.3 Å². The molecule has 19 heavy (non-hydrogen) atoms. The summed E-state index contributed by atoms with van der Waals surface area (Å²) in [7, 11) is 0. The molecule has 0 unspecified atom stereocenters. The van der Waals surface area contributed by atoms with Crippen LogP contribution in [0.25, 0.3) is 11.0 Å². The van der Waals surface area contributed by atoms with Crippen LogP contribution in [0.5, 0.6) is 0 Å². The van der Waals surface area contributed by atoms with Gasteiger partial charge in [-0.05, 0) is 31.0 Å². The normalized spacial score (nSPS) is 10.8. The number of imidazole rings is 1. The van der Waals surface area contributed by atoms with E-state index in [2.05, 4.69) is 22.2 Å². The van der Waals surface area contributed by atoms with Crippen LogP contribution in [0.15, 0.2) is 24.5 Å². The minimum atomic E-state index is -0.0630. The average Bonchev–Trinajstić information content (AvgIpc) is 2.89. The summed E-state index contributed by atoms with van der Waals surface area (Å²) in [6.45, 7) is 4.18. The molecule has 0 atom stereocenters. The minimum Gasteiger partial charge on any atom is -0.381 e. The Hall–Kier alpha value is -1.88. The molecule has 2 aromatic rings. The van der Waals surface area contributed by atoms with Gasteiger partial charge in [-0.25, -0.2) is 4.98 Å². The number of nitrogens with one attached hydrogen (secondary N) is 2. The van der Waals surface area contributed by atoms with Crippen LogP contribution < -0.4 is 5.32 Å². The third kappa shape index (κ3) is 3.79. The summed E-state index contributed by atoms with van der Waals surface area (Å²) >= 11 is 0. The van der Waals surface area contributed by atoms with E-state index in [1.54, 1.807) is 12.4 Å². The van der Waals surface area contributed by atoms with Crippen molar-refractivity contribution in [1.29, 1.82) is 0 Å². The fourth-order valence-corrected chi connectivity index (χ4v) is 1.80. The first kappa shape index (κ1) is 13.5. The molecule has 1 aromatic heterocycles. The van der Waals surface area contributed by atoms with Gasteiger partial charge in [0.2, 0.25) is 0 Å². The second-order valence-corrected chi connectivity index (χ2v) is 4.36. The number of hydrogen-bond donors (Lipinski definition) is 2. The molecule has 102 valence electrons. The molecule has 0 bridgehead atoms. The lowest BCUT2D eigenvalue weighted by Crippen LogP contribution is -2.25. The molecule has 5 nitrogen and oxygen atoms in total. The van der Waals surface area contributed by atoms with E-state index in [-0.39, 0.29) is 5.91 Å². The highest BCUT2D eigenvalue weighted by molar-refractivity contribution is 5.97. The topological polar surface area (TPSA) is 67.0 Å². The molecule has 2 N–H and O–H groups in total. The summed E-state index contributed by atoms with van der Waals surface area (Å²) in [4.78, 5) is 19.0. The molecule has 0 radical (unpaired) electrons. The van der Waals surface area contributed by atoms with E-state index in [1.807, 2.05) is 12.1 Å². The Balaban J connectivity index is 1.79. The van der Waals surface area contributed by atoms with Crippen LogP contribution in [0.2, 0.25) is 0 Å². The number of carbonyl (C=O) groups excluding carboxylic acids is 1. The van der Waals surface area contributed by atoms with Crippen molar-refractivity contribution in [3.05, 3.63) is 30.1 Å². The Kier molecular flexibility index (Phi) is 4.92. The molecule has 1 amide bonds. The maximum absolute atomic E-state index is 11.9. The maximum atomic E-state index is 11.9. The van der Waals surface area contributed by atoms with Gasteiger partial charge in [-0.15, -0.1) is 0 Å². The zero-order valence-corrected chi connectivity index (χ0v) is 11.1. The molecule has 2 rings (SSSR count). The van der Waals surface area contributed by atoms with Gasteiger partial charge in [0.05, 0.1) is 17.4 Å². The number of aromatic amines is 1. The van der Waals surface area contributed by atoms with Gasteiger partial charge in [-0.1, -0.05) is 6.92 Å². The summed E-state index contributed by atoms with van der Waals surface area (Å²) in [6.07, 6.45) is 3.48. The molecule has 0 spiro atoms. The van der Waals surface area contributed by atoms with Gasteiger partial charge in [-0.3, -0.25) is 4.79 Å². The van der Waals surface area contributed by atoms with Gasteiger partial charge in [0.1, 0.15) is 0 Å². The number of ether oxygens (including phenoxy) is 1. The van der Waals surface area contributed by atoms with Crippen LogP contribution in [-0.4, -0.2) is 35.6 Å². The summed E-state index contributed by atoms with van der Waals surface area (Å²) in [5.41, 5.74) is 2.38. The molecule has 5 heteroatoms. The highest BCUT2D eigenvalue weighted by Gasteiger charge is 2.06. The lowest BCUT2D eigenvalue weighted by atomic mass is 10.2. The number of nitrogens with zero attached hydrogens (tertiary/aromatic N) is 1. The molecule has 0 fully saturated rings. The second kappa shape index (κ2) is 6.89. The van der Waals surface area contributed by atoms with Crippen LogP contribution in [0, 0.1) is 0 Å². The Morgan fingerprint density at radius 2 is 2.32 bits per heavy atom. The molecule has 0 saturated heterocycles. The summed E-state index contributed by atoms with van der Waals surface area (Å²) < 4.78 is 5.35. The number of hydrogen-bond acceptors (Lipinski definition) is 3. The zero-order chi connectivity index (χ0) is 13.5. The molecule has 0 aliphatic carbocycles. The lowest BCUT2D eigenvalue weighted by molar-refractivity contribution is 0.0941. The molecule has 0 aliphatic heterocycles. The maximum Gasteiger partial charge on any atom is 0.251 e. The summed E-state index contributed by atoms with van der Waals surface area (Å²) in [6, 6.07) is 5.43. The third-order valence-corrected chi connectivity index (χ3v) is 2.78. The van der Waals surface area contributed by atoms with Crippen LogP contribution in [-0.2, 0) is 4.74 Å². The fourth-order valence-electron chi connectivity index (χ4n) is 1.80. The van der Waals surface area contributed by atoms with Crippen molar-refractivity contribution < 1.29 is 9.53 Å². The molecule has 1 heterocycles. The first-order chi connectivity index (χ1) is 9.31. The zero-order valence-electron chi connectivity index (χ0n) is 11.1. The van der Waals surface area contributed by atoms with Crippen molar-refractivity contribution in [2.75, 3.05) is 19.8 Å². The van der Waals surface area contributed by atoms with Crippen LogP contribution in [0.4, 0.5) is 0 Å². The number of aromatic nitrogens is 2. The number of rotatable bonds is 7. The van der Waals surface area contributed by atoms with Crippen molar-refractivity contribution >= 4 is 16.9 Å². The summed E-state index contributed by atoms with van der Waals surface area (Å²) in [5, 5.41) is 2.88. The Morgan fingerprint density at radius 1 is 1.42 bits per heavy atom. The van der Waals surface area contributed by atoms with Gasteiger partial charge < -0.3 is 15.0 Å². The van der Waals surface area contributed by atoms with Crippen molar-refractivity contribution in [2.45, 2.75) is 19.8 Å². The van der Waals surface area contributed by atoms with Crippen molar-refractivity contribution in [3.63, 3.8) is 0 Å². The molecule has 1 aromatic carbocycles. The molecule has 0 saturated carbocycles. The van der Waals surface area contributed by atoms with E-state index >= 15 is 0 Å². The predicted octanol–water partition coefficient (Wildman–Crippen LogP) is 2.11. The quantitative estimate of drug-likeness (QED) is 0.750. The number of benzene rings is 1. The van der Waals surface area contributed by atoms with Crippen LogP contribution >= 0.6 is 0 Å². The van der Waals surface area contributed by atoms with Crippen molar-refractivity contribution in [1.82, 2.24) is 15.3 Å². The van der Waals surface area contributed by atoms with E-state index in [0.29, 0.717) is 18.7 Å². The van der Waals surface area contributed by atoms with Crippen molar-refractivity contribution in [3.8, 4) is 0 Å². The Morgan fingerprint density at radius 3 is 3.16 bits per heavy atom. The molecule has 0 aliphatic rings. The predicted molar refractivity (Wildman–Crippen MR) is 74.2 cm³/mol. The van der Waals surface area contributed by atoms with E-state index in [9.17, 15) is 4.79 Å². The minimum absolute atomic E-state index is 0.0630. The van der Waals surface area contributed by atoms with E-state index in [4.69, 9.17) is 4.74 Å². The SMILES string of the molecule is CCCOCCCNC(=O)c1ccc2nc[nH]c2c1. The van der Waals surface area contributed by atoms with E-state index in [1.165, 1.54) is 0 Å². The van der Waals surface area contributed by atoms with Crippen molar-refractivity contribution in [2.24, 2.45) is 0 Å². The fraction of sp³-hybridized carbons (Fsp3) is 0.429. The van der Waals surface area contributed by atoms with Crippen LogP contribution in [0.1, 0.15) is 30.1 Å². The number of H-pyrrole nitrogens is 1. The standard InChI is InChI=1S/C14H19N3O2/c1-2-7-19-8-3-6-15-14(18)11-4-5-12-13(9-11)17-10-16-12/h4-5,9-10H,2-3,6-8H2,1H3,(H,15,18)(H,16,17). The second-order valence-electron chi connectivity index (χ2n) is 4.36. The van der Waals surface area contributed by atoms with E-state index < -0.39 is 0 Å². The highest BCUT2D eigenvalue weighted by atomic mass is 16.5. The highest BCUT2D eigenvalue weighted by Crippen LogP contribution is 2.11. The van der Waals surface area contributed by atoms with Gasteiger partial charge in [0.15, 0.2) is 0 Å². The largest absolute Gasteiger partial charge is 0.381 e. The number of amides is 1. The van der Waals surface area contributed by atoms with Gasteiger partial charge in [-0.2, -0.15) is 0 Å². The monoisotopic (exact) mass is 261 g/mol. The smallest absolute Gasteiger partial charge is 0.251 e. The number of fused-ring (bicyclic) bond motifs is 1. The molecular formula is C14H19N3O2. The first-order valence-electron chi connectivity index (χ1n) is 6.60. The molecular weight excluding hydrogens is 242 g/mol. The number of carbonyl (C=O) groups is 1. The van der Waals surface area contributed by atoms with Gasteiger partial charge in [0.25, 0.3) is 5.91 Å². The van der Waals surface area contributed by atoms with E-state index in [0.717, 1.165) is 30.5 Å². The average molecular weight is 261 g/mol. The third-order valence-electron chi connectivity index (χ3n) is 2.78. The van der Waals surface area contributed by atoms with Crippen LogP contribution in [0.3, 0.4) is 0 Å².